The number of amides is 3. The fraction of sp³-hybridized carbons (Fsp3) is 0.100. The molecule has 0 unspecified atom stereocenters. The van der Waals surface area contributed by atoms with Crippen LogP contribution in [-0.4, -0.2) is 17.7 Å². The molecule has 0 spiro atoms. The summed E-state index contributed by atoms with van der Waals surface area (Å²) in [5.41, 5.74) is 23.6. The SMILES string of the molecule is NC(=O)c1ccccc1Cc1cc(Cc2ccccc2C(N)=O)cc(Cc2ccccc2C(N)=O)c1. The standard InChI is InChI=1S/C30H27N3O3/c31-28(34)25-10-4-1-7-22(25)16-19-13-20(17-23-8-2-5-11-26(23)29(32)35)15-21(14-19)18-24-9-3-6-12-27(24)30(33)36/h1-15H,16-18H2,(H2,31,34)(H2,32,35)(H2,33,36). The van der Waals surface area contributed by atoms with E-state index in [4.69, 9.17) is 17.2 Å². The Morgan fingerprint density at radius 3 is 0.944 bits per heavy atom. The van der Waals surface area contributed by atoms with Gasteiger partial charge in [0.05, 0.1) is 0 Å². The first-order valence-electron chi connectivity index (χ1n) is 11.6. The number of nitrogens with two attached hydrogens (primary N) is 3. The topological polar surface area (TPSA) is 129 Å². The Hall–Kier alpha value is -4.71. The summed E-state index contributed by atoms with van der Waals surface area (Å²) in [7, 11) is 0. The van der Waals surface area contributed by atoms with Gasteiger partial charge in [-0.15, -0.1) is 0 Å². The Morgan fingerprint density at radius 1 is 0.444 bits per heavy atom. The molecule has 0 radical (unpaired) electrons. The van der Waals surface area contributed by atoms with Gasteiger partial charge in [-0.25, -0.2) is 0 Å². The lowest BCUT2D eigenvalue weighted by atomic mass is 9.91. The van der Waals surface area contributed by atoms with E-state index in [-0.39, 0.29) is 0 Å². The highest BCUT2D eigenvalue weighted by Crippen LogP contribution is 2.23. The van der Waals surface area contributed by atoms with E-state index in [2.05, 4.69) is 18.2 Å². The lowest BCUT2D eigenvalue weighted by Gasteiger charge is -2.14. The molecule has 0 heterocycles. The van der Waals surface area contributed by atoms with Crippen LogP contribution in [0, 0.1) is 0 Å². The molecule has 0 aliphatic rings. The van der Waals surface area contributed by atoms with E-state index in [1.54, 1.807) is 36.4 Å². The van der Waals surface area contributed by atoms with Gasteiger partial charge in [0.2, 0.25) is 17.7 Å². The first-order chi connectivity index (χ1) is 17.3. The number of hydrogen-bond donors (Lipinski definition) is 3. The maximum absolute atomic E-state index is 12.0. The molecule has 0 aliphatic heterocycles. The molecule has 4 aromatic carbocycles. The Kier molecular flexibility index (Phi) is 7.25. The van der Waals surface area contributed by atoms with E-state index < -0.39 is 17.7 Å². The van der Waals surface area contributed by atoms with Crippen LogP contribution >= 0.6 is 0 Å². The van der Waals surface area contributed by atoms with E-state index >= 15 is 0 Å². The van der Waals surface area contributed by atoms with Crippen molar-refractivity contribution in [1.29, 1.82) is 0 Å². The highest BCUT2D eigenvalue weighted by Gasteiger charge is 2.14. The number of hydrogen-bond acceptors (Lipinski definition) is 3. The van der Waals surface area contributed by atoms with Crippen LogP contribution in [0.3, 0.4) is 0 Å². The summed E-state index contributed by atoms with van der Waals surface area (Å²) < 4.78 is 0. The third-order valence-electron chi connectivity index (χ3n) is 6.14. The predicted molar refractivity (Wildman–Crippen MR) is 140 cm³/mol. The number of carbonyl (C=O) groups excluding carboxylic acids is 3. The van der Waals surface area contributed by atoms with Gasteiger partial charge in [0.25, 0.3) is 0 Å². The second-order valence-electron chi connectivity index (χ2n) is 8.75. The van der Waals surface area contributed by atoms with E-state index in [1.165, 1.54) is 0 Å². The van der Waals surface area contributed by atoms with Crippen LogP contribution in [0.1, 0.15) is 64.5 Å². The molecule has 0 bridgehead atoms. The van der Waals surface area contributed by atoms with Gasteiger partial charge in [-0.05, 0) is 70.8 Å². The van der Waals surface area contributed by atoms with Crippen LogP contribution in [0.5, 0.6) is 0 Å². The van der Waals surface area contributed by atoms with Gasteiger partial charge in [-0.1, -0.05) is 72.8 Å². The Morgan fingerprint density at radius 2 is 0.694 bits per heavy atom. The van der Waals surface area contributed by atoms with Crippen LogP contribution in [-0.2, 0) is 19.3 Å². The summed E-state index contributed by atoms with van der Waals surface area (Å²) in [6.45, 7) is 0. The molecule has 0 atom stereocenters. The normalized spacial score (nSPS) is 10.7. The van der Waals surface area contributed by atoms with Crippen molar-refractivity contribution in [3.63, 3.8) is 0 Å². The van der Waals surface area contributed by atoms with Gasteiger partial charge in [0.1, 0.15) is 0 Å². The largest absolute Gasteiger partial charge is 0.366 e. The molecule has 6 N–H and O–H groups in total. The number of carbonyl (C=O) groups is 3. The molecule has 0 fully saturated rings. The van der Waals surface area contributed by atoms with Crippen molar-refractivity contribution in [2.75, 3.05) is 0 Å². The third kappa shape index (κ3) is 5.67. The van der Waals surface area contributed by atoms with Crippen molar-refractivity contribution in [2.24, 2.45) is 17.2 Å². The van der Waals surface area contributed by atoms with Crippen molar-refractivity contribution in [3.8, 4) is 0 Å². The summed E-state index contributed by atoms with van der Waals surface area (Å²) in [5.74, 6) is -1.44. The number of primary amides is 3. The fourth-order valence-electron chi connectivity index (χ4n) is 4.55. The smallest absolute Gasteiger partial charge is 0.248 e. The monoisotopic (exact) mass is 477 g/mol. The molecule has 6 heteroatoms. The summed E-state index contributed by atoms with van der Waals surface area (Å²) in [5, 5.41) is 0. The first-order valence-corrected chi connectivity index (χ1v) is 11.6. The minimum atomic E-state index is -0.479. The molecule has 36 heavy (non-hydrogen) atoms. The summed E-state index contributed by atoms with van der Waals surface area (Å²) in [6, 6.07) is 27.9. The van der Waals surface area contributed by atoms with Crippen molar-refractivity contribution in [3.05, 3.63) is 141 Å². The average molecular weight is 478 g/mol. The molecule has 0 aromatic heterocycles. The molecule has 4 rings (SSSR count). The van der Waals surface area contributed by atoms with Crippen LogP contribution in [0.4, 0.5) is 0 Å². The highest BCUT2D eigenvalue weighted by atomic mass is 16.2. The van der Waals surface area contributed by atoms with Gasteiger partial charge >= 0.3 is 0 Å². The number of benzene rings is 4. The van der Waals surface area contributed by atoms with E-state index in [0.29, 0.717) is 36.0 Å². The lowest BCUT2D eigenvalue weighted by Crippen LogP contribution is -2.15. The molecular formula is C30H27N3O3. The maximum atomic E-state index is 12.0. The fourth-order valence-corrected chi connectivity index (χ4v) is 4.55. The van der Waals surface area contributed by atoms with Gasteiger partial charge in [-0.3, -0.25) is 14.4 Å². The molecule has 180 valence electrons. The van der Waals surface area contributed by atoms with Crippen molar-refractivity contribution in [1.82, 2.24) is 0 Å². The first kappa shape index (κ1) is 24.4. The summed E-state index contributed by atoms with van der Waals surface area (Å²) >= 11 is 0. The maximum Gasteiger partial charge on any atom is 0.248 e. The van der Waals surface area contributed by atoms with Crippen LogP contribution in [0.25, 0.3) is 0 Å². The molecular weight excluding hydrogens is 450 g/mol. The number of rotatable bonds is 9. The van der Waals surface area contributed by atoms with Crippen LogP contribution in [0.2, 0.25) is 0 Å². The van der Waals surface area contributed by atoms with Crippen molar-refractivity contribution < 1.29 is 14.4 Å². The zero-order valence-electron chi connectivity index (χ0n) is 19.7. The van der Waals surface area contributed by atoms with Gasteiger partial charge in [0, 0.05) is 16.7 Å². The Labute approximate surface area is 209 Å². The highest BCUT2D eigenvalue weighted by molar-refractivity contribution is 5.95. The van der Waals surface area contributed by atoms with Gasteiger partial charge < -0.3 is 17.2 Å². The van der Waals surface area contributed by atoms with Crippen LogP contribution < -0.4 is 17.2 Å². The minimum Gasteiger partial charge on any atom is -0.366 e. The molecule has 0 saturated heterocycles. The molecule has 6 nitrogen and oxygen atoms in total. The van der Waals surface area contributed by atoms with Crippen molar-refractivity contribution in [2.45, 2.75) is 19.3 Å². The molecule has 3 amide bonds. The second kappa shape index (κ2) is 10.7. The zero-order chi connectivity index (χ0) is 25.7. The Balaban J connectivity index is 1.77. The molecule has 4 aromatic rings. The minimum absolute atomic E-state index is 0.475. The van der Waals surface area contributed by atoms with Crippen LogP contribution in [0.15, 0.2) is 91.0 Å². The van der Waals surface area contributed by atoms with E-state index in [0.717, 1.165) is 33.4 Å². The van der Waals surface area contributed by atoms with Gasteiger partial charge in [0.15, 0.2) is 0 Å². The third-order valence-corrected chi connectivity index (χ3v) is 6.14. The van der Waals surface area contributed by atoms with Gasteiger partial charge in [-0.2, -0.15) is 0 Å². The molecule has 0 saturated carbocycles. The Bertz CT molecular complexity index is 1270. The van der Waals surface area contributed by atoms with Crippen molar-refractivity contribution >= 4 is 17.7 Å². The summed E-state index contributed by atoms with van der Waals surface area (Å²) in [4.78, 5) is 35.9. The van der Waals surface area contributed by atoms with E-state index in [1.807, 2.05) is 36.4 Å². The second-order valence-corrected chi connectivity index (χ2v) is 8.75. The quantitative estimate of drug-likeness (QED) is 0.339. The molecule has 0 aliphatic carbocycles. The predicted octanol–water partition coefficient (Wildman–Crippen LogP) is 3.76. The average Bonchev–Trinajstić information content (AvgIpc) is 2.84. The van der Waals surface area contributed by atoms with E-state index in [9.17, 15) is 14.4 Å². The summed E-state index contributed by atoms with van der Waals surface area (Å²) in [6.07, 6.45) is 1.48. The zero-order valence-corrected chi connectivity index (χ0v) is 19.7. The lowest BCUT2D eigenvalue weighted by molar-refractivity contribution is 0.0991.